The van der Waals surface area contributed by atoms with E-state index in [4.69, 9.17) is 15.3 Å². The minimum absolute atomic E-state index is 0.538. The Morgan fingerprint density at radius 1 is 1.25 bits per heavy atom. The van der Waals surface area contributed by atoms with Gasteiger partial charge in [0, 0.05) is 12.5 Å². The van der Waals surface area contributed by atoms with Crippen molar-refractivity contribution >= 4 is 0 Å². The van der Waals surface area contributed by atoms with Crippen LogP contribution in [0.3, 0.4) is 0 Å². The maximum atomic E-state index is 12.8. The Morgan fingerprint density at radius 2 is 1.67 bits per heavy atom. The first-order valence-electron chi connectivity index (χ1n) is 3.68. The van der Waals surface area contributed by atoms with Gasteiger partial charge in [-0.1, -0.05) is 6.92 Å². The normalized spacial score (nSPS) is 20.2. The minimum Gasteiger partial charge on any atom is -0.396 e. The van der Waals surface area contributed by atoms with Crippen LogP contribution in [-0.4, -0.2) is 40.1 Å². The first-order chi connectivity index (χ1) is 5.34. The molecule has 0 radical (unpaired) electrons. The summed E-state index contributed by atoms with van der Waals surface area (Å²) in [4.78, 5) is 0. The molecular weight excluding hydrogens is 170 g/mol. The van der Waals surface area contributed by atoms with Gasteiger partial charge < -0.3 is 15.3 Å². The number of alkyl halides is 2. The van der Waals surface area contributed by atoms with Gasteiger partial charge in [-0.2, -0.15) is 0 Å². The molecule has 0 aromatic heterocycles. The van der Waals surface area contributed by atoms with Crippen LogP contribution in [0.5, 0.6) is 0 Å². The molecule has 0 saturated heterocycles. The van der Waals surface area contributed by atoms with E-state index < -0.39 is 30.7 Å². The van der Waals surface area contributed by atoms with Crippen molar-refractivity contribution in [2.75, 3.05) is 6.61 Å². The Morgan fingerprint density at radius 3 is 1.92 bits per heavy atom. The fourth-order valence-electron chi connectivity index (χ4n) is 0.726. The van der Waals surface area contributed by atoms with Gasteiger partial charge in [0.05, 0.1) is 0 Å². The molecule has 0 rings (SSSR count). The Balaban J connectivity index is 4.34. The van der Waals surface area contributed by atoms with Gasteiger partial charge in [-0.3, -0.25) is 0 Å². The highest BCUT2D eigenvalue weighted by molar-refractivity contribution is 4.84. The van der Waals surface area contributed by atoms with Crippen molar-refractivity contribution in [3.8, 4) is 0 Å². The number of hydrogen-bond acceptors (Lipinski definition) is 3. The number of aliphatic hydroxyl groups excluding tert-OH is 3. The second-order valence-corrected chi connectivity index (χ2v) is 2.96. The van der Waals surface area contributed by atoms with E-state index >= 15 is 0 Å². The molecule has 0 fully saturated rings. The third kappa shape index (κ3) is 2.36. The lowest BCUT2D eigenvalue weighted by molar-refractivity contribution is -0.188. The molecule has 5 heteroatoms. The first-order valence-corrected chi connectivity index (χ1v) is 3.68. The van der Waals surface area contributed by atoms with Crippen molar-refractivity contribution in [1.29, 1.82) is 0 Å². The molecule has 0 bridgehead atoms. The molecule has 0 aliphatic heterocycles. The smallest absolute Gasteiger partial charge is 0.298 e. The molecule has 74 valence electrons. The van der Waals surface area contributed by atoms with E-state index in [0.29, 0.717) is 0 Å². The quantitative estimate of drug-likeness (QED) is 0.576. The zero-order valence-electron chi connectivity index (χ0n) is 7.04. The summed E-state index contributed by atoms with van der Waals surface area (Å²) in [5.41, 5.74) is 0. The maximum Gasteiger partial charge on any atom is 0.298 e. The predicted octanol–water partition coefficient (Wildman–Crippen LogP) is -0.00820. The molecule has 0 aliphatic rings. The van der Waals surface area contributed by atoms with E-state index in [-0.39, 0.29) is 0 Å². The Labute approximate surface area is 69.6 Å². The summed E-state index contributed by atoms with van der Waals surface area (Å²) in [7, 11) is 0. The van der Waals surface area contributed by atoms with Crippen molar-refractivity contribution in [1.82, 2.24) is 0 Å². The Kier molecular flexibility index (Phi) is 4.02. The summed E-state index contributed by atoms with van der Waals surface area (Å²) in [5.74, 6) is -4.52. The monoisotopic (exact) mass is 184 g/mol. The minimum atomic E-state index is -3.57. The molecule has 3 N–H and O–H groups in total. The topological polar surface area (TPSA) is 60.7 Å². The van der Waals surface area contributed by atoms with Crippen LogP contribution < -0.4 is 0 Å². The molecule has 3 nitrogen and oxygen atoms in total. The van der Waals surface area contributed by atoms with Crippen LogP contribution in [0.2, 0.25) is 0 Å². The molecule has 0 spiro atoms. The van der Waals surface area contributed by atoms with Gasteiger partial charge in [0.15, 0.2) is 0 Å². The van der Waals surface area contributed by atoms with Gasteiger partial charge >= 0.3 is 0 Å². The van der Waals surface area contributed by atoms with Crippen LogP contribution in [0, 0.1) is 5.92 Å². The summed E-state index contributed by atoms with van der Waals surface area (Å²) in [6.45, 7) is 1.64. The van der Waals surface area contributed by atoms with Crippen LogP contribution in [0.1, 0.15) is 13.8 Å². The Bertz CT molecular complexity index is 139. The summed E-state index contributed by atoms with van der Waals surface area (Å²) in [6.07, 6.45) is -3.93. The standard InChI is InChI=1S/C7H14F2O3/c1-4(3-10)6(12)7(8,9)5(2)11/h4-6,10-12H,3H2,1-2H3/t4?,5?,6-/m0/s1. The van der Waals surface area contributed by atoms with E-state index in [1.807, 2.05) is 0 Å². The highest BCUT2D eigenvalue weighted by Gasteiger charge is 2.45. The highest BCUT2D eigenvalue weighted by Crippen LogP contribution is 2.27. The van der Waals surface area contributed by atoms with Gasteiger partial charge in [-0.15, -0.1) is 0 Å². The molecular formula is C7H14F2O3. The van der Waals surface area contributed by atoms with Crippen LogP contribution >= 0.6 is 0 Å². The summed E-state index contributed by atoms with van der Waals surface area (Å²) < 4.78 is 25.5. The zero-order valence-corrected chi connectivity index (χ0v) is 7.04. The van der Waals surface area contributed by atoms with Gasteiger partial charge in [0.2, 0.25) is 0 Å². The van der Waals surface area contributed by atoms with Gasteiger partial charge in [0.25, 0.3) is 5.92 Å². The van der Waals surface area contributed by atoms with Gasteiger partial charge in [-0.05, 0) is 6.92 Å². The lowest BCUT2D eigenvalue weighted by Crippen LogP contribution is -2.47. The van der Waals surface area contributed by atoms with Gasteiger partial charge in [-0.25, -0.2) is 8.78 Å². The highest BCUT2D eigenvalue weighted by atomic mass is 19.3. The second kappa shape index (κ2) is 4.11. The molecule has 12 heavy (non-hydrogen) atoms. The third-order valence-electron chi connectivity index (χ3n) is 1.78. The van der Waals surface area contributed by atoms with E-state index in [2.05, 4.69) is 0 Å². The third-order valence-corrected chi connectivity index (χ3v) is 1.78. The number of halogens is 2. The van der Waals surface area contributed by atoms with E-state index in [9.17, 15) is 8.78 Å². The number of aliphatic hydroxyl groups is 3. The second-order valence-electron chi connectivity index (χ2n) is 2.96. The van der Waals surface area contributed by atoms with E-state index in [1.54, 1.807) is 0 Å². The SMILES string of the molecule is CC(CO)[C@H](O)C(F)(F)C(C)O. The fourth-order valence-corrected chi connectivity index (χ4v) is 0.726. The summed E-state index contributed by atoms with van der Waals surface area (Å²) >= 11 is 0. The average molecular weight is 184 g/mol. The first kappa shape index (κ1) is 11.7. The average Bonchev–Trinajstić information content (AvgIpc) is 2.01. The van der Waals surface area contributed by atoms with Crippen LogP contribution in [0.4, 0.5) is 8.78 Å². The van der Waals surface area contributed by atoms with Crippen LogP contribution in [0.25, 0.3) is 0 Å². The van der Waals surface area contributed by atoms with Crippen molar-refractivity contribution in [2.24, 2.45) is 5.92 Å². The summed E-state index contributed by atoms with van der Waals surface area (Å²) in [5, 5.41) is 26.0. The van der Waals surface area contributed by atoms with Crippen molar-refractivity contribution in [3.05, 3.63) is 0 Å². The fraction of sp³-hybridized carbons (Fsp3) is 1.00. The molecule has 0 aromatic rings. The zero-order chi connectivity index (χ0) is 9.94. The summed E-state index contributed by atoms with van der Waals surface area (Å²) in [6, 6.07) is 0. The van der Waals surface area contributed by atoms with Crippen molar-refractivity contribution in [2.45, 2.75) is 32.0 Å². The molecule has 0 saturated carbocycles. The van der Waals surface area contributed by atoms with Crippen molar-refractivity contribution < 1.29 is 24.1 Å². The molecule has 0 aliphatic carbocycles. The lowest BCUT2D eigenvalue weighted by Gasteiger charge is -2.28. The molecule has 0 aromatic carbocycles. The van der Waals surface area contributed by atoms with Crippen LogP contribution in [-0.2, 0) is 0 Å². The molecule has 3 atom stereocenters. The van der Waals surface area contributed by atoms with E-state index in [1.165, 1.54) is 6.92 Å². The molecule has 2 unspecified atom stereocenters. The number of hydrogen-bond donors (Lipinski definition) is 3. The lowest BCUT2D eigenvalue weighted by atomic mass is 9.97. The van der Waals surface area contributed by atoms with Crippen LogP contribution in [0.15, 0.2) is 0 Å². The predicted molar refractivity (Wildman–Crippen MR) is 38.9 cm³/mol. The van der Waals surface area contributed by atoms with Crippen molar-refractivity contribution in [3.63, 3.8) is 0 Å². The molecule has 0 amide bonds. The number of rotatable bonds is 4. The van der Waals surface area contributed by atoms with E-state index in [0.717, 1.165) is 6.92 Å². The maximum absolute atomic E-state index is 12.8. The largest absolute Gasteiger partial charge is 0.396 e. The Hall–Kier alpha value is -0.260. The van der Waals surface area contributed by atoms with Gasteiger partial charge in [0.1, 0.15) is 12.2 Å². The molecule has 0 heterocycles.